The third-order valence-corrected chi connectivity index (χ3v) is 2.07. The summed E-state index contributed by atoms with van der Waals surface area (Å²) in [6, 6.07) is 6.84. The van der Waals surface area contributed by atoms with E-state index in [1.807, 2.05) is 0 Å². The molecule has 74 valence electrons. The molecular formula is C10H9BN2O2. The van der Waals surface area contributed by atoms with Gasteiger partial charge in [-0.25, -0.2) is 0 Å². The largest absolute Gasteiger partial charge is 0.490 e. The van der Waals surface area contributed by atoms with E-state index in [4.69, 9.17) is 10.0 Å². The number of rotatable bonds is 2. The Morgan fingerprint density at radius 1 is 1.00 bits per heavy atom. The molecule has 0 fully saturated rings. The number of hydrogen-bond acceptors (Lipinski definition) is 4. The van der Waals surface area contributed by atoms with E-state index < -0.39 is 7.12 Å². The standard InChI is InChI=1S/C10H9BN2O2/c14-11(15)9-2-1-5-13-10(9)8-3-6-12-7-4-8/h1-7,14-15H. The van der Waals surface area contributed by atoms with Crippen molar-refractivity contribution >= 4 is 12.6 Å². The molecule has 15 heavy (non-hydrogen) atoms. The van der Waals surface area contributed by atoms with Crippen LogP contribution in [0.25, 0.3) is 11.3 Å². The van der Waals surface area contributed by atoms with Crippen LogP contribution in [0.4, 0.5) is 0 Å². The van der Waals surface area contributed by atoms with Gasteiger partial charge in [0.15, 0.2) is 0 Å². The monoisotopic (exact) mass is 200 g/mol. The molecule has 2 aromatic rings. The summed E-state index contributed by atoms with van der Waals surface area (Å²) in [6.45, 7) is 0. The van der Waals surface area contributed by atoms with Crippen LogP contribution in [0.3, 0.4) is 0 Å². The van der Waals surface area contributed by atoms with Crippen LogP contribution in [0, 0.1) is 0 Å². The average molecular weight is 200 g/mol. The van der Waals surface area contributed by atoms with Gasteiger partial charge in [-0.2, -0.15) is 0 Å². The highest BCUT2D eigenvalue weighted by atomic mass is 16.4. The molecule has 0 spiro atoms. The Balaban J connectivity index is 2.53. The van der Waals surface area contributed by atoms with Gasteiger partial charge in [0.2, 0.25) is 0 Å². The number of hydrogen-bond donors (Lipinski definition) is 2. The van der Waals surface area contributed by atoms with Crippen LogP contribution in [0.1, 0.15) is 0 Å². The van der Waals surface area contributed by atoms with E-state index in [2.05, 4.69) is 9.97 Å². The van der Waals surface area contributed by atoms with Crippen molar-refractivity contribution in [2.45, 2.75) is 0 Å². The van der Waals surface area contributed by atoms with E-state index >= 15 is 0 Å². The molecule has 0 aliphatic rings. The first kappa shape index (κ1) is 9.83. The summed E-state index contributed by atoms with van der Waals surface area (Å²) < 4.78 is 0. The zero-order valence-corrected chi connectivity index (χ0v) is 7.91. The molecule has 0 saturated heterocycles. The predicted octanol–water partition coefficient (Wildman–Crippen LogP) is -0.177. The van der Waals surface area contributed by atoms with Gasteiger partial charge >= 0.3 is 7.12 Å². The summed E-state index contributed by atoms with van der Waals surface area (Å²) in [5, 5.41) is 18.3. The predicted molar refractivity (Wildman–Crippen MR) is 57.3 cm³/mol. The Labute approximate surface area is 87.4 Å². The van der Waals surface area contributed by atoms with Gasteiger partial charge in [0.25, 0.3) is 0 Å². The van der Waals surface area contributed by atoms with E-state index in [1.165, 1.54) is 0 Å². The second kappa shape index (κ2) is 4.21. The molecule has 0 saturated carbocycles. The van der Waals surface area contributed by atoms with Crippen LogP contribution in [0.2, 0.25) is 0 Å². The fraction of sp³-hybridized carbons (Fsp3) is 0. The number of pyridine rings is 2. The quantitative estimate of drug-likeness (QED) is 0.660. The van der Waals surface area contributed by atoms with E-state index in [0.717, 1.165) is 5.56 Å². The topological polar surface area (TPSA) is 66.2 Å². The molecule has 0 aromatic carbocycles. The van der Waals surface area contributed by atoms with Crippen LogP contribution in [0.5, 0.6) is 0 Å². The van der Waals surface area contributed by atoms with Crippen LogP contribution in [-0.4, -0.2) is 27.1 Å². The summed E-state index contributed by atoms with van der Waals surface area (Å²) in [5.74, 6) is 0. The molecule has 2 aromatic heterocycles. The summed E-state index contributed by atoms with van der Waals surface area (Å²) in [7, 11) is -1.51. The van der Waals surface area contributed by atoms with E-state index in [-0.39, 0.29) is 0 Å². The molecule has 0 aliphatic heterocycles. The minimum absolute atomic E-state index is 0.392. The van der Waals surface area contributed by atoms with Crippen molar-refractivity contribution in [3.05, 3.63) is 42.9 Å². The van der Waals surface area contributed by atoms with Crippen molar-refractivity contribution < 1.29 is 10.0 Å². The van der Waals surface area contributed by atoms with E-state index in [1.54, 1.807) is 42.9 Å². The molecular weight excluding hydrogens is 191 g/mol. The highest BCUT2D eigenvalue weighted by Gasteiger charge is 2.17. The van der Waals surface area contributed by atoms with Crippen LogP contribution in [0.15, 0.2) is 42.9 Å². The number of nitrogens with zero attached hydrogens (tertiary/aromatic N) is 2. The molecule has 0 aliphatic carbocycles. The van der Waals surface area contributed by atoms with Crippen LogP contribution in [-0.2, 0) is 0 Å². The maximum atomic E-state index is 9.17. The maximum Gasteiger partial charge on any atom is 0.490 e. The SMILES string of the molecule is OB(O)c1cccnc1-c1ccncc1. The van der Waals surface area contributed by atoms with Crippen LogP contribution >= 0.6 is 0 Å². The molecule has 0 bridgehead atoms. The van der Waals surface area contributed by atoms with Gasteiger partial charge in [-0.15, -0.1) is 0 Å². The lowest BCUT2D eigenvalue weighted by atomic mass is 9.78. The lowest BCUT2D eigenvalue weighted by Crippen LogP contribution is -2.32. The van der Waals surface area contributed by atoms with Gasteiger partial charge < -0.3 is 10.0 Å². The first-order chi connectivity index (χ1) is 7.29. The average Bonchev–Trinajstić information content (AvgIpc) is 2.30. The molecule has 2 N–H and O–H groups in total. The zero-order valence-electron chi connectivity index (χ0n) is 7.91. The third kappa shape index (κ3) is 2.03. The van der Waals surface area contributed by atoms with E-state index in [0.29, 0.717) is 11.2 Å². The highest BCUT2D eigenvalue weighted by molar-refractivity contribution is 6.60. The summed E-state index contributed by atoms with van der Waals surface area (Å²) >= 11 is 0. The Morgan fingerprint density at radius 3 is 2.40 bits per heavy atom. The second-order valence-electron chi connectivity index (χ2n) is 3.05. The molecule has 0 atom stereocenters. The molecule has 0 unspecified atom stereocenters. The maximum absolute atomic E-state index is 9.17. The molecule has 2 heterocycles. The minimum atomic E-state index is -1.51. The summed E-state index contributed by atoms with van der Waals surface area (Å²) in [5.41, 5.74) is 1.77. The molecule has 0 radical (unpaired) electrons. The van der Waals surface area contributed by atoms with Crippen molar-refractivity contribution in [2.75, 3.05) is 0 Å². The highest BCUT2D eigenvalue weighted by Crippen LogP contribution is 2.12. The third-order valence-electron chi connectivity index (χ3n) is 2.07. The van der Waals surface area contributed by atoms with Crippen molar-refractivity contribution in [3.8, 4) is 11.3 Å². The zero-order chi connectivity index (χ0) is 10.7. The Kier molecular flexibility index (Phi) is 2.76. The molecule has 5 heteroatoms. The summed E-state index contributed by atoms with van der Waals surface area (Å²) in [4.78, 5) is 8.02. The fourth-order valence-corrected chi connectivity index (χ4v) is 1.38. The van der Waals surface area contributed by atoms with Gasteiger partial charge in [0, 0.05) is 29.6 Å². The molecule has 4 nitrogen and oxygen atoms in total. The van der Waals surface area contributed by atoms with Gasteiger partial charge in [-0.1, -0.05) is 6.07 Å². The lowest BCUT2D eigenvalue weighted by molar-refractivity contribution is 0.426. The van der Waals surface area contributed by atoms with Gasteiger partial charge in [-0.3, -0.25) is 9.97 Å². The van der Waals surface area contributed by atoms with E-state index in [9.17, 15) is 0 Å². The van der Waals surface area contributed by atoms with Crippen LogP contribution < -0.4 is 5.46 Å². The Hall–Kier alpha value is -1.72. The van der Waals surface area contributed by atoms with Gasteiger partial charge in [0.1, 0.15) is 0 Å². The fourth-order valence-electron chi connectivity index (χ4n) is 1.38. The van der Waals surface area contributed by atoms with Gasteiger partial charge in [-0.05, 0) is 18.2 Å². The van der Waals surface area contributed by atoms with Crippen molar-refractivity contribution in [1.82, 2.24) is 9.97 Å². The normalized spacial score (nSPS) is 10.0. The second-order valence-corrected chi connectivity index (χ2v) is 3.05. The van der Waals surface area contributed by atoms with Crippen molar-refractivity contribution in [3.63, 3.8) is 0 Å². The van der Waals surface area contributed by atoms with Crippen molar-refractivity contribution in [1.29, 1.82) is 0 Å². The Bertz CT molecular complexity index is 448. The first-order valence-electron chi connectivity index (χ1n) is 4.50. The van der Waals surface area contributed by atoms with Gasteiger partial charge in [0.05, 0.1) is 5.69 Å². The Morgan fingerprint density at radius 2 is 1.73 bits per heavy atom. The first-order valence-corrected chi connectivity index (χ1v) is 4.50. The smallest absolute Gasteiger partial charge is 0.423 e. The number of aromatic nitrogens is 2. The van der Waals surface area contributed by atoms with Crippen molar-refractivity contribution in [2.24, 2.45) is 0 Å². The molecule has 0 amide bonds. The lowest BCUT2D eigenvalue weighted by Gasteiger charge is -2.06. The molecule has 2 rings (SSSR count). The summed E-state index contributed by atoms with van der Waals surface area (Å²) in [6.07, 6.45) is 4.89. The minimum Gasteiger partial charge on any atom is -0.423 e.